The zero-order valence-corrected chi connectivity index (χ0v) is 72.8. The summed E-state index contributed by atoms with van der Waals surface area (Å²) in [7, 11) is 8.50. The first-order chi connectivity index (χ1) is 51.4. The van der Waals surface area contributed by atoms with Gasteiger partial charge in [-0.05, 0) is 133 Å². The van der Waals surface area contributed by atoms with Gasteiger partial charge in [0.15, 0.2) is 23.1 Å². The monoisotopic (exact) mass is 1570 g/mol. The quantitative estimate of drug-likeness (QED) is 0.0216. The maximum Gasteiger partial charge on any atom is 0.328 e. The number of ether oxygens (including phenoxy) is 4. The van der Waals surface area contributed by atoms with E-state index >= 15 is 0 Å². The Labute approximate surface area is 664 Å². The molecule has 0 aromatic heterocycles. The molecule has 0 saturated carbocycles. The lowest BCUT2D eigenvalue weighted by molar-refractivity contribution is -0.159. The summed E-state index contributed by atoms with van der Waals surface area (Å²) in [5, 5.41) is 7.95. The summed E-state index contributed by atoms with van der Waals surface area (Å²) in [4.78, 5) is 207. The SMILES string of the molecule is C/C=C/C[C@@H](C)[C@@H](OC(C)=O)[C@H](CC(=O)[C@H](C(C)C)N(C)C(=O)[C@@H](CC(=O)[C@H](CC(C)C)N(C)C(=O)[C@@H](C)N)CC(C)C)C(=O)N[C@@H](CC)C(=O)OC.C/C=C/C[C@@H](C)[C@@H](OC(C)=O)[C@H](CC(=O)[C@H](C(C)C)N(C)C(=O)[C@@H](CC(=O)[C@H](CC(C)C)N(C)C(=O)[C@@H](C)NC(=O)[C@H](C)N)CC(C)C)C(=O)N[C@@H](CC)C(=O)OC. The first-order valence-electron chi connectivity index (χ1n) is 39.7. The summed E-state index contributed by atoms with van der Waals surface area (Å²) in [5.41, 5.74) is 11.5. The van der Waals surface area contributed by atoms with E-state index in [-0.39, 0.29) is 72.7 Å². The van der Waals surface area contributed by atoms with Crippen LogP contribution in [0.15, 0.2) is 24.3 Å². The van der Waals surface area contributed by atoms with Gasteiger partial charge in [0.25, 0.3) is 0 Å². The van der Waals surface area contributed by atoms with E-state index in [4.69, 9.17) is 30.4 Å². The molecule has 28 heteroatoms. The van der Waals surface area contributed by atoms with Crippen molar-refractivity contribution in [1.82, 2.24) is 35.6 Å². The summed E-state index contributed by atoms with van der Waals surface area (Å²) >= 11 is 0. The first kappa shape index (κ1) is 105. The molecule has 0 unspecified atom stereocenters. The highest BCUT2D eigenvalue weighted by atomic mass is 16.6. The Hall–Kier alpha value is -7.75. The highest BCUT2D eigenvalue weighted by molar-refractivity contribution is 5.99. The molecule has 0 aliphatic rings. The minimum atomic E-state index is -1.22. The van der Waals surface area contributed by atoms with Gasteiger partial charge in [0, 0.05) is 79.6 Å². The number of hydrogen-bond donors (Lipinski definition) is 5. The van der Waals surface area contributed by atoms with Gasteiger partial charge in [-0.1, -0.05) is 135 Å². The van der Waals surface area contributed by atoms with Gasteiger partial charge in [-0.2, -0.15) is 0 Å². The predicted octanol–water partition coefficient (Wildman–Crippen LogP) is 8.48. The van der Waals surface area contributed by atoms with E-state index in [1.807, 2.05) is 100 Å². The molecular weight excluding hydrogens is 1430 g/mol. The van der Waals surface area contributed by atoms with Crippen molar-refractivity contribution < 1.29 is 90.9 Å². The number of hydrogen-bond acceptors (Lipinski definition) is 21. The molecule has 0 rings (SSSR count). The van der Waals surface area contributed by atoms with Gasteiger partial charge in [0.2, 0.25) is 41.4 Å². The lowest BCUT2D eigenvalue weighted by Gasteiger charge is -2.36. The molecule has 28 nitrogen and oxygen atoms in total. The van der Waals surface area contributed by atoms with Crippen LogP contribution >= 0.6 is 0 Å². The summed E-state index contributed by atoms with van der Waals surface area (Å²) in [6.07, 6.45) is 6.84. The average molecular weight is 1570 g/mol. The van der Waals surface area contributed by atoms with Crippen molar-refractivity contribution in [2.75, 3.05) is 42.4 Å². The van der Waals surface area contributed by atoms with Crippen LogP contribution in [0.25, 0.3) is 0 Å². The fourth-order valence-corrected chi connectivity index (χ4v) is 14.0. The van der Waals surface area contributed by atoms with E-state index in [0.717, 1.165) is 0 Å². The lowest BCUT2D eigenvalue weighted by atomic mass is 9.82. The number of amides is 7. The van der Waals surface area contributed by atoms with E-state index in [2.05, 4.69) is 16.0 Å². The van der Waals surface area contributed by atoms with E-state index in [1.54, 1.807) is 62.4 Å². The van der Waals surface area contributed by atoms with Gasteiger partial charge in [-0.25, -0.2) is 9.59 Å². The van der Waals surface area contributed by atoms with Gasteiger partial charge < -0.3 is 66.0 Å². The van der Waals surface area contributed by atoms with Crippen LogP contribution in [-0.2, 0) is 90.9 Å². The van der Waals surface area contributed by atoms with Crippen LogP contribution in [0.5, 0.6) is 0 Å². The van der Waals surface area contributed by atoms with Crippen molar-refractivity contribution in [3.63, 3.8) is 0 Å². The van der Waals surface area contributed by atoms with Crippen molar-refractivity contribution in [2.45, 2.75) is 303 Å². The minimum Gasteiger partial charge on any atom is -0.467 e. The summed E-state index contributed by atoms with van der Waals surface area (Å²) < 4.78 is 21.2. The fraction of sp³-hybridized carbons (Fsp3) is 0.771. The summed E-state index contributed by atoms with van der Waals surface area (Å²) in [6, 6.07) is -8.29. The molecule has 17 atom stereocenters. The number of nitrogens with one attached hydrogen (secondary N) is 3. The summed E-state index contributed by atoms with van der Waals surface area (Å²) in [5.74, 6) is -13.2. The molecule has 0 aliphatic heterocycles. The molecule has 7 N–H and O–H groups in total. The topological polar surface area (TPSA) is 394 Å². The Morgan fingerprint density at radius 1 is 0.396 bits per heavy atom. The number of nitrogens with zero attached hydrogens (tertiary/aromatic N) is 4. The molecule has 0 saturated heterocycles. The lowest BCUT2D eigenvalue weighted by Crippen LogP contribution is -2.54. The third kappa shape index (κ3) is 36.3. The number of carbonyl (C=O) groups is 15. The second kappa shape index (κ2) is 52.5. The second-order valence-corrected chi connectivity index (χ2v) is 32.5. The molecule has 0 spiro atoms. The average Bonchev–Trinajstić information content (AvgIpc) is 0.819. The molecule has 7 amide bonds. The third-order valence-corrected chi connectivity index (χ3v) is 19.8. The molecule has 0 heterocycles. The molecular formula is C83H145N9O19. The molecule has 111 heavy (non-hydrogen) atoms. The number of ketones is 4. The van der Waals surface area contributed by atoms with Gasteiger partial charge in [0.1, 0.15) is 30.3 Å². The molecule has 0 radical (unpaired) electrons. The van der Waals surface area contributed by atoms with Crippen molar-refractivity contribution >= 4 is 88.4 Å². The molecule has 0 aromatic carbocycles. The van der Waals surface area contributed by atoms with Gasteiger partial charge in [-0.3, -0.25) is 62.3 Å². The van der Waals surface area contributed by atoms with Crippen molar-refractivity contribution in [3.8, 4) is 0 Å². The van der Waals surface area contributed by atoms with Crippen LogP contribution in [0, 0.1) is 71.0 Å². The highest BCUT2D eigenvalue weighted by Gasteiger charge is 2.45. The normalized spacial score (nSPS) is 16.3. The van der Waals surface area contributed by atoms with Crippen molar-refractivity contribution in [2.24, 2.45) is 82.5 Å². The van der Waals surface area contributed by atoms with Gasteiger partial charge >= 0.3 is 23.9 Å². The maximum absolute atomic E-state index is 14.5. The van der Waals surface area contributed by atoms with E-state index in [0.29, 0.717) is 38.5 Å². The number of esters is 4. The smallest absolute Gasteiger partial charge is 0.328 e. The maximum atomic E-state index is 14.5. The Morgan fingerprint density at radius 3 is 0.964 bits per heavy atom. The summed E-state index contributed by atoms with van der Waals surface area (Å²) in [6.45, 7) is 40.3. The number of methoxy groups -OCH3 is 2. The zero-order chi connectivity index (χ0) is 86.5. The van der Waals surface area contributed by atoms with E-state index in [9.17, 15) is 71.9 Å². The van der Waals surface area contributed by atoms with E-state index in [1.165, 1.54) is 82.7 Å². The minimum absolute atomic E-state index is 0.00455. The zero-order valence-electron chi connectivity index (χ0n) is 72.8. The molecule has 0 aromatic rings. The number of nitrogens with two attached hydrogens (primary N) is 2. The fourth-order valence-electron chi connectivity index (χ4n) is 14.0. The number of likely N-dealkylation sites (N-methyl/N-ethyl adjacent to an activating group) is 4. The third-order valence-electron chi connectivity index (χ3n) is 19.8. The predicted molar refractivity (Wildman–Crippen MR) is 428 cm³/mol. The second-order valence-electron chi connectivity index (χ2n) is 32.5. The van der Waals surface area contributed by atoms with Crippen LogP contribution in [0.1, 0.15) is 236 Å². The largest absolute Gasteiger partial charge is 0.467 e. The van der Waals surface area contributed by atoms with Crippen molar-refractivity contribution in [1.29, 1.82) is 0 Å². The van der Waals surface area contributed by atoms with Crippen molar-refractivity contribution in [3.05, 3.63) is 24.3 Å². The standard InChI is InChI=1S/C43H75N5O10.C40H70N4O9/c1-16-18-19-27(9)38(58-30(12)49)32(40(53)46-33(17-2)43(56)57-15)23-36(51)37(26(7)8)48(14)42(55)31(20-24(3)4)22-35(50)34(21-25(5)6)47(13)41(54)29(11)45-39(52)28(10)44;1-15-17-18-26(9)36(53-28(11)45)30(37(48)42-31(16-2)40(51)52-14)22-34(47)35(25(7)8)44(13)39(50)29(19-23(3)4)21-33(46)32(20-24(5)6)43(12)38(49)27(10)41/h16,18,24-29,31-34,37-38H,17,19-23,44H2,1-15H3,(H,45,52)(H,46,53);15,17,23-27,29-32,35-36H,16,18-22,41H2,1-14H3,(H,42,48)/b18-16+;17-15+/t27-,28+,29-,31-,32+,33+,34+,37+,38-;26-,27-,29-,30+,31+,32+,35+,36-/m11/s1. The van der Waals surface area contributed by atoms with Gasteiger partial charge in [0.05, 0.1) is 62.3 Å². The van der Waals surface area contributed by atoms with Crippen LogP contribution < -0.4 is 27.4 Å². The van der Waals surface area contributed by atoms with Crippen LogP contribution in [0.4, 0.5) is 0 Å². The molecule has 0 fully saturated rings. The molecule has 636 valence electrons. The Bertz CT molecular complexity index is 3090. The number of carbonyl (C=O) groups excluding carboxylic acids is 15. The van der Waals surface area contributed by atoms with Gasteiger partial charge in [-0.15, -0.1) is 0 Å². The Morgan fingerprint density at radius 2 is 0.712 bits per heavy atom. The Kier molecular flexibility index (Phi) is 49.8. The number of Topliss-reactive ketones (excluding diaryl/α,β-unsaturated/α-hetero) is 4. The molecule has 0 bridgehead atoms. The number of allylic oxidation sites excluding steroid dienone is 4. The van der Waals surface area contributed by atoms with Crippen LogP contribution in [0.3, 0.4) is 0 Å². The Balaban J connectivity index is 0. The van der Waals surface area contributed by atoms with Crippen LogP contribution in [0.2, 0.25) is 0 Å². The first-order valence-corrected chi connectivity index (χ1v) is 39.7. The molecule has 0 aliphatic carbocycles. The highest BCUT2D eigenvalue weighted by Crippen LogP contribution is 2.33. The number of rotatable bonds is 50. The van der Waals surface area contributed by atoms with E-state index < -0.39 is 192 Å². The van der Waals surface area contributed by atoms with Crippen LogP contribution in [-0.4, -0.2) is 217 Å².